The lowest BCUT2D eigenvalue weighted by atomic mass is 10.0. The van der Waals surface area contributed by atoms with Gasteiger partial charge in [-0.2, -0.15) is 10.5 Å². The van der Waals surface area contributed by atoms with E-state index in [1.54, 1.807) is 17.5 Å². The SMILES string of the molecule is N#Cc1c(N)[nH]c(=O)c(C#N)c1-c1cccs1. The van der Waals surface area contributed by atoms with E-state index < -0.39 is 5.56 Å². The van der Waals surface area contributed by atoms with Crippen molar-refractivity contribution in [1.29, 1.82) is 10.5 Å². The number of H-pyrrole nitrogens is 1. The van der Waals surface area contributed by atoms with Crippen molar-refractivity contribution in [3.63, 3.8) is 0 Å². The van der Waals surface area contributed by atoms with E-state index in [0.29, 0.717) is 10.4 Å². The Labute approximate surface area is 100 Å². The lowest BCUT2D eigenvalue weighted by Crippen LogP contribution is -2.16. The van der Waals surface area contributed by atoms with Gasteiger partial charge in [-0.25, -0.2) is 0 Å². The Kier molecular flexibility index (Phi) is 2.65. The summed E-state index contributed by atoms with van der Waals surface area (Å²) in [4.78, 5) is 14.6. The van der Waals surface area contributed by atoms with Gasteiger partial charge in [0, 0.05) is 10.4 Å². The van der Waals surface area contributed by atoms with Crippen molar-refractivity contribution in [2.45, 2.75) is 0 Å². The summed E-state index contributed by atoms with van der Waals surface area (Å²) in [6.07, 6.45) is 0. The van der Waals surface area contributed by atoms with Crippen LogP contribution in [0, 0.1) is 22.7 Å². The molecule has 0 aliphatic heterocycles. The predicted molar refractivity (Wildman–Crippen MR) is 64.2 cm³/mol. The van der Waals surface area contributed by atoms with Crippen LogP contribution in [0.15, 0.2) is 22.3 Å². The number of hydrogen-bond donors (Lipinski definition) is 2. The Morgan fingerprint density at radius 2 is 2.00 bits per heavy atom. The van der Waals surface area contributed by atoms with Crippen molar-refractivity contribution >= 4 is 17.2 Å². The van der Waals surface area contributed by atoms with Gasteiger partial charge in [-0.1, -0.05) is 6.07 Å². The average molecular weight is 242 g/mol. The van der Waals surface area contributed by atoms with Gasteiger partial charge in [-0.05, 0) is 11.4 Å². The zero-order chi connectivity index (χ0) is 12.4. The molecule has 0 fully saturated rings. The number of nitrogens with two attached hydrogens (primary N) is 1. The van der Waals surface area contributed by atoms with Gasteiger partial charge in [0.2, 0.25) is 0 Å². The highest BCUT2D eigenvalue weighted by Gasteiger charge is 2.18. The smallest absolute Gasteiger partial charge is 0.268 e. The van der Waals surface area contributed by atoms with Crippen LogP contribution in [0.5, 0.6) is 0 Å². The number of aromatic amines is 1. The van der Waals surface area contributed by atoms with Crippen LogP contribution in [-0.4, -0.2) is 4.98 Å². The summed E-state index contributed by atoms with van der Waals surface area (Å²) >= 11 is 1.34. The highest BCUT2D eigenvalue weighted by molar-refractivity contribution is 7.13. The number of nitrogens with zero attached hydrogens (tertiary/aromatic N) is 2. The van der Waals surface area contributed by atoms with Gasteiger partial charge in [-0.15, -0.1) is 11.3 Å². The molecule has 0 bridgehead atoms. The van der Waals surface area contributed by atoms with Crippen LogP contribution in [0.3, 0.4) is 0 Å². The first-order valence-electron chi connectivity index (χ1n) is 4.59. The number of hydrogen-bond acceptors (Lipinski definition) is 5. The van der Waals surface area contributed by atoms with Gasteiger partial charge in [-0.3, -0.25) is 4.79 Å². The molecule has 3 N–H and O–H groups in total. The van der Waals surface area contributed by atoms with Crippen molar-refractivity contribution in [1.82, 2.24) is 4.98 Å². The van der Waals surface area contributed by atoms with Crippen molar-refractivity contribution in [3.05, 3.63) is 39.0 Å². The Balaban J connectivity index is 2.95. The molecule has 2 aromatic heterocycles. The highest BCUT2D eigenvalue weighted by atomic mass is 32.1. The third-order valence-electron chi connectivity index (χ3n) is 2.24. The Morgan fingerprint density at radius 3 is 2.53 bits per heavy atom. The molecule has 0 radical (unpaired) electrons. The van der Waals surface area contributed by atoms with E-state index in [4.69, 9.17) is 16.3 Å². The molecule has 0 aromatic carbocycles. The quantitative estimate of drug-likeness (QED) is 0.788. The summed E-state index contributed by atoms with van der Waals surface area (Å²) in [5.74, 6) is -0.0140. The minimum absolute atomic E-state index is 0.0140. The molecule has 5 nitrogen and oxygen atoms in total. The molecule has 0 atom stereocenters. The van der Waals surface area contributed by atoms with E-state index in [0.717, 1.165) is 0 Å². The third-order valence-corrected chi connectivity index (χ3v) is 3.12. The van der Waals surface area contributed by atoms with Gasteiger partial charge in [0.1, 0.15) is 29.1 Å². The molecule has 0 aliphatic carbocycles. The summed E-state index contributed by atoms with van der Waals surface area (Å²) < 4.78 is 0. The van der Waals surface area contributed by atoms with Crippen LogP contribution in [0.1, 0.15) is 11.1 Å². The molecule has 2 heterocycles. The molecule has 0 saturated heterocycles. The number of anilines is 1. The van der Waals surface area contributed by atoms with Crippen LogP contribution in [-0.2, 0) is 0 Å². The van der Waals surface area contributed by atoms with Gasteiger partial charge in [0.15, 0.2) is 0 Å². The summed E-state index contributed by atoms with van der Waals surface area (Å²) in [6, 6.07) is 7.24. The van der Waals surface area contributed by atoms with Gasteiger partial charge in [0.25, 0.3) is 5.56 Å². The molecule has 0 aliphatic rings. The van der Waals surface area contributed by atoms with Crippen LogP contribution in [0.2, 0.25) is 0 Å². The van der Waals surface area contributed by atoms with E-state index in [1.165, 1.54) is 11.3 Å². The first kappa shape index (κ1) is 10.9. The summed E-state index contributed by atoms with van der Waals surface area (Å²) in [7, 11) is 0. The fourth-order valence-corrected chi connectivity index (χ4v) is 2.29. The minimum Gasteiger partial charge on any atom is -0.384 e. The van der Waals surface area contributed by atoms with E-state index >= 15 is 0 Å². The predicted octanol–water partition coefficient (Wildman–Crippen LogP) is 1.43. The molecule has 82 valence electrons. The second-order valence-corrected chi connectivity index (χ2v) is 4.14. The van der Waals surface area contributed by atoms with Crippen molar-refractivity contribution in [2.24, 2.45) is 0 Å². The number of rotatable bonds is 1. The van der Waals surface area contributed by atoms with Crippen LogP contribution < -0.4 is 11.3 Å². The van der Waals surface area contributed by atoms with Crippen molar-refractivity contribution in [2.75, 3.05) is 5.73 Å². The van der Waals surface area contributed by atoms with Gasteiger partial charge < -0.3 is 10.7 Å². The maximum absolute atomic E-state index is 11.6. The number of thiophene rings is 1. The Hall–Kier alpha value is -2.57. The lowest BCUT2D eigenvalue weighted by molar-refractivity contribution is 1.21. The van der Waals surface area contributed by atoms with E-state index in [-0.39, 0.29) is 16.9 Å². The number of pyridine rings is 1. The molecule has 0 saturated carbocycles. The molecular weight excluding hydrogens is 236 g/mol. The van der Waals surface area contributed by atoms with Crippen LogP contribution in [0.25, 0.3) is 10.4 Å². The number of nitrogen functional groups attached to an aromatic ring is 1. The van der Waals surface area contributed by atoms with Crippen LogP contribution >= 0.6 is 11.3 Å². The number of nitrogens with one attached hydrogen (secondary N) is 1. The summed E-state index contributed by atoms with van der Waals surface area (Å²) in [6.45, 7) is 0. The zero-order valence-electron chi connectivity index (χ0n) is 8.52. The summed E-state index contributed by atoms with van der Waals surface area (Å²) in [5, 5.41) is 19.8. The Morgan fingerprint density at radius 1 is 1.29 bits per heavy atom. The maximum atomic E-state index is 11.6. The first-order chi connectivity index (χ1) is 8.19. The fraction of sp³-hybridized carbons (Fsp3) is 0. The first-order valence-corrected chi connectivity index (χ1v) is 5.46. The molecule has 17 heavy (non-hydrogen) atoms. The number of aromatic nitrogens is 1. The van der Waals surface area contributed by atoms with Crippen LogP contribution in [0.4, 0.5) is 5.82 Å². The topological polar surface area (TPSA) is 106 Å². The van der Waals surface area contributed by atoms with Crippen molar-refractivity contribution in [3.8, 4) is 22.6 Å². The zero-order valence-corrected chi connectivity index (χ0v) is 9.34. The number of nitriles is 2. The largest absolute Gasteiger partial charge is 0.384 e. The van der Waals surface area contributed by atoms with E-state index in [2.05, 4.69) is 4.98 Å². The van der Waals surface area contributed by atoms with E-state index in [1.807, 2.05) is 12.1 Å². The standard InChI is InChI=1S/C11H6N4OS/c12-4-6-9(8-2-1-3-17-8)7(5-13)11(16)15-10(6)14/h1-3H,(H3,14,15,16). The lowest BCUT2D eigenvalue weighted by Gasteiger charge is -2.05. The van der Waals surface area contributed by atoms with E-state index in [9.17, 15) is 4.79 Å². The Bertz CT molecular complexity index is 701. The molecular formula is C11H6N4OS. The average Bonchev–Trinajstić information content (AvgIpc) is 2.81. The second-order valence-electron chi connectivity index (χ2n) is 3.19. The maximum Gasteiger partial charge on any atom is 0.268 e. The monoisotopic (exact) mass is 242 g/mol. The summed E-state index contributed by atoms with van der Waals surface area (Å²) in [5.41, 5.74) is 5.36. The normalized spacial score (nSPS) is 9.53. The molecule has 0 unspecified atom stereocenters. The molecule has 6 heteroatoms. The minimum atomic E-state index is -0.576. The highest BCUT2D eigenvalue weighted by Crippen LogP contribution is 2.31. The molecule has 2 aromatic rings. The molecule has 2 rings (SSSR count). The molecule has 0 amide bonds. The van der Waals surface area contributed by atoms with Gasteiger partial charge >= 0.3 is 0 Å². The second kappa shape index (κ2) is 4.12. The molecule has 0 spiro atoms. The van der Waals surface area contributed by atoms with Crippen molar-refractivity contribution < 1.29 is 0 Å². The fourth-order valence-electron chi connectivity index (χ4n) is 1.51. The van der Waals surface area contributed by atoms with Gasteiger partial charge in [0.05, 0.1) is 0 Å². The third kappa shape index (κ3) is 1.67.